The molecule has 0 aromatic carbocycles. The molecule has 4 nitrogen and oxygen atoms in total. The topological polar surface area (TPSA) is 41.9 Å². The molecule has 0 N–H and O–H groups in total. The highest BCUT2D eigenvalue weighted by Gasteiger charge is 2.37. The number of alkyl halides is 3. The lowest BCUT2D eigenvalue weighted by atomic mass is 9.89. The Balaban J connectivity index is 1.88. The average Bonchev–Trinajstić information content (AvgIpc) is 2.86. The SMILES string of the molecule is CC(C)(C)OC(=O)N1CCC(C2=CC(C(F)(F)F)=NC2)CC1. The van der Waals surface area contributed by atoms with Gasteiger partial charge in [-0.05, 0) is 51.2 Å². The van der Waals surface area contributed by atoms with Gasteiger partial charge in [-0.15, -0.1) is 0 Å². The number of piperidine rings is 1. The Labute approximate surface area is 128 Å². The van der Waals surface area contributed by atoms with E-state index in [4.69, 9.17) is 4.74 Å². The first-order valence-corrected chi connectivity index (χ1v) is 7.36. The molecule has 0 bridgehead atoms. The number of rotatable bonds is 1. The lowest BCUT2D eigenvalue weighted by Crippen LogP contribution is -2.42. The van der Waals surface area contributed by atoms with Gasteiger partial charge in [-0.1, -0.05) is 0 Å². The fourth-order valence-corrected chi connectivity index (χ4v) is 2.62. The minimum absolute atomic E-state index is 0.0577. The highest BCUT2D eigenvalue weighted by atomic mass is 19.4. The van der Waals surface area contributed by atoms with Crippen LogP contribution in [0.15, 0.2) is 16.6 Å². The molecule has 22 heavy (non-hydrogen) atoms. The highest BCUT2D eigenvalue weighted by molar-refractivity contribution is 6.01. The third kappa shape index (κ3) is 4.24. The normalized spacial score (nSPS) is 20.7. The van der Waals surface area contributed by atoms with Crippen molar-refractivity contribution in [1.82, 2.24) is 4.90 Å². The number of aliphatic imine (C=N–C) groups is 1. The van der Waals surface area contributed by atoms with E-state index in [0.717, 1.165) is 11.6 Å². The van der Waals surface area contributed by atoms with E-state index < -0.39 is 17.5 Å². The maximum Gasteiger partial charge on any atom is 0.432 e. The van der Waals surface area contributed by atoms with Crippen molar-refractivity contribution in [3.8, 4) is 0 Å². The third-order valence-electron chi connectivity index (χ3n) is 3.72. The lowest BCUT2D eigenvalue weighted by Gasteiger charge is -2.33. The number of hydrogen-bond donors (Lipinski definition) is 0. The van der Waals surface area contributed by atoms with Crippen LogP contribution in [0.3, 0.4) is 0 Å². The summed E-state index contributed by atoms with van der Waals surface area (Å²) in [7, 11) is 0. The summed E-state index contributed by atoms with van der Waals surface area (Å²) < 4.78 is 43.0. The van der Waals surface area contributed by atoms with E-state index in [-0.39, 0.29) is 18.6 Å². The molecular formula is C15H21F3N2O2. The smallest absolute Gasteiger partial charge is 0.432 e. The van der Waals surface area contributed by atoms with Crippen molar-refractivity contribution in [2.45, 2.75) is 45.4 Å². The first-order chi connectivity index (χ1) is 10.1. The van der Waals surface area contributed by atoms with Crippen LogP contribution in [0.4, 0.5) is 18.0 Å². The zero-order valence-corrected chi connectivity index (χ0v) is 13.0. The predicted octanol–water partition coefficient (Wildman–Crippen LogP) is 3.58. The number of ether oxygens (including phenoxy) is 1. The van der Waals surface area contributed by atoms with Crippen molar-refractivity contribution < 1.29 is 22.7 Å². The van der Waals surface area contributed by atoms with Crippen LogP contribution >= 0.6 is 0 Å². The molecule has 0 spiro atoms. The summed E-state index contributed by atoms with van der Waals surface area (Å²) in [5, 5.41) is 0. The van der Waals surface area contributed by atoms with Crippen LogP contribution in [0.2, 0.25) is 0 Å². The molecule has 124 valence electrons. The molecule has 0 atom stereocenters. The molecule has 0 radical (unpaired) electrons. The summed E-state index contributed by atoms with van der Waals surface area (Å²) in [5.41, 5.74) is -0.620. The molecule has 1 saturated heterocycles. The molecule has 0 aromatic heterocycles. The average molecular weight is 318 g/mol. The number of amides is 1. The van der Waals surface area contributed by atoms with Crippen molar-refractivity contribution in [1.29, 1.82) is 0 Å². The second-order valence-electron chi connectivity index (χ2n) is 6.66. The summed E-state index contributed by atoms with van der Waals surface area (Å²) in [5.74, 6) is 0.0577. The largest absolute Gasteiger partial charge is 0.444 e. The quantitative estimate of drug-likeness (QED) is 0.741. The molecule has 2 rings (SSSR count). The van der Waals surface area contributed by atoms with E-state index >= 15 is 0 Å². The van der Waals surface area contributed by atoms with Crippen LogP contribution in [0, 0.1) is 5.92 Å². The van der Waals surface area contributed by atoms with E-state index in [0.29, 0.717) is 25.9 Å². The van der Waals surface area contributed by atoms with Crippen molar-refractivity contribution in [2.75, 3.05) is 19.6 Å². The first kappa shape index (κ1) is 16.8. The number of nitrogens with zero attached hydrogens (tertiary/aromatic N) is 2. The van der Waals surface area contributed by atoms with E-state index in [1.54, 1.807) is 25.7 Å². The fourth-order valence-electron chi connectivity index (χ4n) is 2.62. The Morgan fingerprint density at radius 3 is 2.32 bits per heavy atom. The van der Waals surface area contributed by atoms with Gasteiger partial charge in [-0.3, -0.25) is 4.99 Å². The van der Waals surface area contributed by atoms with Gasteiger partial charge in [-0.2, -0.15) is 13.2 Å². The number of halogens is 3. The van der Waals surface area contributed by atoms with Gasteiger partial charge < -0.3 is 9.64 Å². The number of likely N-dealkylation sites (tertiary alicyclic amines) is 1. The van der Waals surface area contributed by atoms with Crippen LogP contribution < -0.4 is 0 Å². The molecular weight excluding hydrogens is 297 g/mol. The number of carbonyl (C=O) groups is 1. The predicted molar refractivity (Wildman–Crippen MR) is 77.0 cm³/mol. The van der Waals surface area contributed by atoms with Gasteiger partial charge in [0, 0.05) is 13.1 Å². The number of allylic oxidation sites excluding steroid dienone is 1. The molecule has 2 heterocycles. The van der Waals surface area contributed by atoms with E-state index in [1.807, 2.05) is 0 Å². The van der Waals surface area contributed by atoms with Crippen molar-refractivity contribution >= 4 is 11.8 Å². The molecule has 1 amide bonds. The molecule has 7 heteroatoms. The molecule has 2 aliphatic heterocycles. The van der Waals surface area contributed by atoms with E-state index in [9.17, 15) is 18.0 Å². The molecule has 0 saturated carbocycles. The third-order valence-corrected chi connectivity index (χ3v) is 3.72. The lowest BCUT2D eigenvalue weighted by molar-refractivity contribution is -0.0576. The first-order valence-electron chi connectivity index (χ1n) is 7.36. The van der Waals surface area contributed by atoms with Gasteiger partial charge in [0.05, 0.1) is 6.54 Å². The fraction of sp³-hybridized carbons (Fsp3) is 0.733. The van der Waals surface area contributed by atoms with Crippen molar-refractivity contribution in [3.63, 3.8) is 0 Å². The number of hydrogen-bond acceptors (Lipinski definition) is 3. The van der Waals surface area contributed by atoms with Gasteiger partial charge in [0.25, 0.3) is 0 Å². The van der Waals surface area contributed by atoms with Crippen LogP contribution in [-0.4, -0.2) is 48.1 Å². The monoisotopic (exact) mass is 318 g/mol. The summed E-state index contributed by atoms with van der Waals surface area (Å²) in [4.78, 5) is 17.1. The number of carbonyl (C=O) groups excluding carboxylic acids is 1. The molecule has 2 aliphatic rings. The summed E-state index contributed by atoms with van der Waals surface area (Å²) in [6.45, 7) is 6.52. The Morgan fingerprint density at radius 1 is 1.27 bits per heavy atom. The molecule has 0 aromatic rings. The summed E-state index contributed by atoms with van der Waals surface area (Å²) in [6, 6.07) is 0. The molecule has 0 unspecified atom stereocenters. The van der Waals surface area contributed by atoms with Gasteiger partial charge in [0.1, 0.15) is 11.3 Å². The Kier molecular flexibility index (Phi) is 4.54. The van der Waals surface area contributed by atoms with E-state index in [1.165, 1.54) is 0 Å². The zero-order chi connectivity index (χ0) is 16.5. The second kappa shape index (κ2) is 5.93. The minimum Gasteiger partial charge on any atom is -0.444 e. The van der Waals surface area contributed by atoms with Crippen molar-refractivity contribution in [3.05, 3.63) is 11.6 Å². The maximum absolute atomic E-state index is 12.6. The van der Waals surface area contributed by atoms with E-state index in [2.05, 4.69) is 4.99 Å². The highest BCUT2D eigenvalue weighted by Crippen LogP contribution is 2.31. The van der Waals surface area contributed by atoms with Gasteiger partial charge >= 0.3 is 12.3 Å². The van der Waals surface area contributed by atoms with Crippen LogP contribution in [0.5, 0.6) is 0 Å². The standard InChI is InChI=1S/C15H21F3N2O2/c1-14(2,3)22-13(21)20-6-4-10(5-7-20)11-8-12(19-9-11)15(16,17)18/h8,10H,4-7,9H2,1-3H3. The Bertz CT molecular complexity index is 496. The molecule has 1 fully saturated rings. The second-order valence-corrected chi connectivity index (χ2v) is 6.66. The Morgan fingerprint density at radius 2 is 1.86 bits per heavy atom. The Hall–Kier alpha value is -1.53. The van der Waals surface area contributed by atoms with Gasteiger partial charge in [-0.25, -0.2) is 4.79 Å². The van der Waals surface area contributed by atoms with Gasteiger partial charge in [0.2, 0.25) is 0 Å². The zero-order valence-electron chi connectivity index (χ0n) is 13.0. The van der Waals surface area contributed by atoms with Crippen LogP contribution in [0.25, 0.3) is 0 Å². The summed E-state index contributed by atoms with van der Waals surface area (Å²) in [6.07, 6.45) is -2.29. The maximum atomic E-state index is 12.6. The van der Waals surface area contributed by atoms with Crippen molar-refractivity contribution in [2.24, 2.45) is 10.9 Å². The minimum atomic E-state index is -4.38. The molecule has 0 aliphatic carbocycles. The van der Waals surface area contributed by atoms with Crippen LogP contribution in [0.1, 0.15) is 33.6 Å². The van der Waals surface area contributed by atoms with Crippen LogP contribution in [-0.2, 0) is 4.74 Å². The summed E-state index contributed by atoms with van der Waals surface area (Å²) >= 11 is 0. The van der Waals surface area contributed by atoms with Gasteiger partial charge in [0.15, 0.2) is 0 Å².